The van der Waals surface area contributed by atoms with Crippen molar-refractivity contribution in [1.82, 2.24) is 14.7 Å². The van der Waals surface area contributed by atoms with Crippen molar-refractivity contribution in [3.05, 3.63) is 92.1 Å². The molecule has 162 valence electrons. The highest BCUT2D eigenvalue weighted by atomic mass is 32.2. The first-order valence-corrected chi connectivity index (χ1v) is 13.5. The number of amides is 1. The standard InChI is InChI=1S/C24H21N3OS4/c28-22(26-14-4-8-20(26)21-9-5-15-30-21)18-10-12-19(13-11-18)27-24(29)32-23(25-27)31-16-17-6-2-1-3-7-17/h1-3,5-7,9-13,15,20H,4,8,14,16H2. The van der Waals surface area contributed by atoms with Crippen LogP contribution in [0.25, 0.3) is 5.69 Å². The Hall–Kier alpha value is -2.26. The number of hydrogen-bond donors (Lipinski definition) is 0. The van der Waals surface area contributed by atoms with E-state index in [0.717, 1.165) is 35.2 Å². The van der Waals surface area contributed by atoms with Crippen molar-refractivity contribution < 1.29 is 4.79 Å². The van der Waals surface area contributed by atoms with Gasteiger partial charge in [0.05, 0.1) is 11.7 Å². The van der Waals surface area contributed by atoms with E-state index in [2.05, 4.69) is 29.6 Å². The maximum absolute atomic E-state index is 13.2. The molecule has 1 aliphatic rings. The normalized spacial score (nSPS) is 15.9. The fraction of sp³-hybridized carbons (Fsp3) is 0.208. The van der Waals surface area contributed by atoms with Crippen LogP contribution in [0.1, 0.15) is 39.7 Å². The second-order valence-electron chi connectivity index (χ2n) is 7.54. The largest absolute Gasteiger partial charge is 0.331 e. The summed E-state index contributed by atoms with van der Waals surface area (Å²) >= 11 is 10.5. The van der Waals surface area contributed by atoms with Crippen LogP contribution in [-0.4, -0.2) is 27.1 Å². The average Bonchev–Trinajstić information content (AvgIpc) is 3.58. The van der Waals surface area contributed by atoms with Gasteiger partial charge in [0.25, 0.3) is 5.91 Å². The average molecular weight is 496 g/mol. The van der Waals surface area contributed by atoms with Crippen molar-refractivity contribution >= 4 is 52.6 Å². The van der Waals surface area contributed by atoms with Crippen LogP contribution >= 0.6 is 46.7 Å². The lowest BCUT2D eigenvalue weighted by Gasteiger charge is -2.24. The Morgan fingerprint density at radius 1 is 1.09 bits per heavy atom. The molecule has 0 aliphatic carbocycles. The minimum atomic E-state index is 0.0911. The molecule has 1 amide bonds. The first-order chi connectivity index (χ1) is 15.7. The van der Waals surface area contributed by atoms with E-state index in [9.17, 15) is 4.79 Å². The fourth-order valence-electron chi connectivity index (χ4n) is 3.90. The second-order valence-corrected chi connectivity index (χ2v) is 11.4. The third kappa shape index (κ3) is 4.59. The Kier molecular flexibility index (Phi) is 6.54. The highest BCUT2D eigenvalue weighted by molar-refractivity contribution is 8.00. The van der Waals surface area contributed by atoms with Crippen LogP contribution in [0.2, 0.25) is 0 Å². The second kappa shape index (κ2) is 9.70. The number of aromatic nitrogens is 2. The van der Waals surface area contributed by atoms with Crippen LogP contribution in [-0.2, 0) is 5.75 Å². The van der Waals surface area contributed by atoms with Crippen molar-refractivity contribution in [3.63, 3.8) is 0 Å². The summed E-state index contributed by atoms with van der Waals surface area (Å²) < 4.78 is 3.43. The van der Waals surface area contributed by atoms with E-state index in [1.807, 2.05) is 47.4 Å². The van der Waals surface area contributed by atoms with Gasteiger partial charge in [-0.05, 0) is 66.3 Å². The highest BCUT2D eigenvalue weighted by Crippen LogP contribution is 2.35. The van der Waals surface area contributed by atoms with E-state index in [1.54, 1.807) is 27.8 Å². The van der Waals surface area contributed by atoms with Crippen LogP contribution in [0.15, 0.2) is 76.4 Å². The first kappa shape index (κ1) is 21.6. The molecule has 8 heteroatoms. The Morgan fingerprint density at radius 3 is 2.66 bits per heavy atom. The predicted molar refractivity (Wildman–Crippen MR) is 136 cm³/mol. The van der Waals surface area contributed by atoms with Gasteiger partial charge in [-0.3, -0.25) is 4.79 Å². The van der Waals surface area contributed by atoms with E-state index in [-0.39, 0.29) is 11.9 Å². The third-order valence-electron chi connectivity index (χ3n) is 5.48. The van der Waals surface area contributed by atoms with E-state index in [1.165, 1.54) is 21.8 Å². The van der Waals surface area contributed by atoms with Crippen molar-refractivity contribution in [2.24, 2.45) is 0 Å². The monoisotopic (exact) mass is 495 g/mol. The zero-order chi connectivity index (χ0) is 21.9. The maximum atomic E-state index is 13.2. The molecule has 1 saturated heterocycles. The van der Waals surface area contributed by atoms with Gasteiger partial charge in [-0.2, -0.15) is 0 Å². The molecule has 1 fully saturated rings. The molecule has 0 saturated carbocycles. The molecule has 0 radical (unpaired) electrons. The van der Waals surface area contributed by atoms with Crippen molar-refractivity contribution in [2.45, 2.75) is 29.0 Å². The summed E-state index contributed by atoms with van der Waals surface area (Å²) in [5, 5.41) is 6.77. The number of likely N-dealkylation sites (tertiary alicyclic amines) is 1. The van der Waals surface area contributed by atoms with Crippen LogP contribution in [0.3, 0.4) is 0 Å². The number of nitrogens with zero attached hydrogens (tertiary/aromatic N) is 3. The topological polar surface area (TPSA) is 38.1 Å². The lowest BCUT2D eigenvalue weighted by molar-refractivity contribution is 0.0738. The van der Waals surface area contributed by atoms with Gasteiger partial charge < -0.3 is 4.90 Å². The number of rotatable bonds is 6. The number of carbonyl (C=O) groups excluding carboxylic acids is 1. The summed E-state index contributed by atoms with van der Waals surface area (Å²) in [5.41, 5.74) is 2.85. The molecule has 4 nitrogen and oxygen atoms in total. The van der Waals surface area contributed by atoms with Gasteiger partial charge in [-0.1, -0.05) is 59.5 Å². The predicted octanol–water partition coefficient (Wildman–Crippen LogP) is 6.99. The summed E-state index contributed by atoms with van der Waals surface area (Å²) in [4.78, 5) is 16.5. The zero-order valence-corrected chi connectivity index (χ0v) is 20.5. The Labute approximate surface area is 204 Å². The summed E-state index contributed by atoms with van der Waals surface area (Å²) in [6.45, 7) is 0.808. The number of carbonyl (C=O) groups is 1. The molecular formula is C24H21N3OS4. The molecule has 3 heterocycles. The lowest BCUT2D eigenvalue weighted by Crippen LogP contribution is -2.30. The van der Waals surface area contributed by atoms with Gasteiger partial charge in [0.1, 0.15) is 0 Å². The Balaban J connectivity index is 1.30. The molecule has 1 atom stereocenters. The maximum Gasteiger partial charge on any atom is 0.254 e. The van der Waals surface area contributed by atoms with Crippen LogP contribution < -0.4 is 0 Å². The van der Waals surface area contributed by atoms with Gasteiger partial charge in [-0.25, -0.2) is 4.68 Å². The number of thioether (sulfide) groups is 1. The van der Waals surface area contributed by atoms with Crippen LogP contribution in [0.5, 0.6) is 0 Å². The van der Waals surface area contributed by atoms with Gasteiger partial charge in [-0.15, -0.1) is 16.4 Å². The Bertz CT molecular complexity index is 1250. The number of thiophene rings is 1. The molecule has 1 aliphatic heterocycles. The van der Waals surface area contributed by atoms with E-state index in [0.29, 0.717) is 9.52 Å². The molecule has 0 N–H and O–H groups in total. The molecule has 0 bridgehead atoms. The van der Waals surface area contributed by atoms with Crippen LogP contribution in [0.4, 0.5) is 0 Å². The van der Waals surface area contributed by atoms with E-state index in [4.69, 9.17) is 17.3 Å². The van der Waals surface area contributed by atoms with Crippen molar-refractivity contribution in [3.8, 4) is 5.69 Å². The van der Waals surface area contributed by atoms with E-state index < -0.39 is 0 Å². The lowest BCUT2D eigenvalue weighted by atomic mass is 10.1. The van der Waals surface area contributed by atoms with Crippen LogP contribution in [0, 0.1) is 3.95 Å². The number of hydrogen-bond acceptors (Lipinski definition) is 6. The summed E-state index contributed by atoms with van der Waals surface area (Å²) in [5.74, 6) is 0.950. The molecule has 1 unspecified atom stereocenters. The minimum Gasteiger partial charge on any atom is -0.331 e. The van der Waals surface area contributed by atoms with E-state index >= 15 is 0 Å². The quantitative estimate of drug-likeness (QED) is 0.213. The first-order valence-electron chi connectivity index (χ1n) is 10.4. The molecule has 5 rings (SSSR count). The summed E-state index contributed by atoms with van der Waals surface area (Å²) in [6.07, 6.45) is 2.07. The third-order valence-corrected chi connectivity index (χ3v) is 8.89. The zero-order valence-electron chi connectivity index (χ0n) is 17.2. The van der Waals surface area contributed by atoms with Gasteiger partial charge >= 0.3 is 0 Å². The summed E-state index contributed by atoms with van der Waals surface area (Å²) in [7, 11) is 0. The van der Waals surface area contributed by atoms with Gasteiger partial charge in [0, 0.05) is 22.7 Å². The molecule has 0 spiro atoms. The van der Waals surface area contributed by atoms with Gasteiger partial charge in [0.15, 0.2) is 8.29 Å². The van der Waals surface area contributed by atoms with Crippen molar-refractivity contribution in [1.29, 1.82) is 0 Å². The molecular weight excluding hydrogens is 475 g/mol. The minimum absolute atomic E-state index is 0.0911. The smallest absolute Gasteiger partial charge is 0.254 e. The van der Waals surface area contributed by atoms with Crippen molar-refractivity contribution in [2.75, 3.05) is 6.54 Å². The summed E-state index contributed by atoms with van der Waals surface area (Å²) in [6, 6.07) is 22.4. The number of benzene rings is 2. The SMILES string of the molecule is O=C(c1ccc(-n2nc(SCc3ccccc3)sc2=S)cc1)N1CCCC1c1cccs1. The molecule has 32 heavy (non-hydrogen) atoms. The Morgan fingerprint density at radius 2 is 1.91 bits per heavy atom. The fourth-order valence-corrected chi connectivity index (χ4v) is 7.09. The molecule has 4 aromatic rings. The van der Waals surface area contributed by atoms with Gasteiger partial charge in [0.2, 0.25) is 0 Å². The molecule has 2 aromatic carbocycles. The highest BCUT2D eigenvalue weighted by Gasteiger charge is 2.31. The molecule has 2 aromatic heterocycles.